The number of rotatable bonds is 5. The Labute approximate surface area is 157 Å². The molecule has 3 rings (SSSR count). The number of carbonyl (C=O) groups is 1. The van der Waals surface area contributed by atoms with Gasteiger partial charge in [-0.25, -0.2) is 0 Å². The van der Waals surface area contributed by atoms with E-state index in [1.54, 1.807) is 7.11 Å². The maximum Gasteiger partial charge on any atom is 0.233 e. The topological polar surface area (TPSA) is 32.8 Å². The summed E-state index contributed by atoms with van der Waals surface area (Å²) in [7, 11) is 1.65. The zero-order chi connectivity index (χ0) is 17.6. The second-order valence-electron chi connectivity index (χ2n) is 5.79. The van der Waals surface area contributed by atoms with Crippen molar-refractivity contribution in [2.75, 3.05) is 43.9 Å². The molecule has 0 aromatic heterocycles. The van der Waals surface area contributed by atoms with E-state index in [-0.39, 0.29) is 5.91 Å². The van der Waals surface area contributed by atoms with Crippen LogP contribution in [0.2, 0.25) is 5.02 Å². The molecule has 0 atom stereocenters. The quantitative estimate of drug-likeness (QED) is 0.743. The molecule has 6 heteroatoms. The van der Waals surface area contributed by atoms with Gasteiger partial charge in [-0.05, 0) is 30.3 Å². The molecule has 0 bridgehead atoms. The van der Waals surface area contributed by atoms with Gasteiger partial charge in [0.25, 0.3) is 0 Å². The van der Waals surface area contributed by atoms with Crippen LogP contribution >= 0.6 is 23.4 Å². The van der Waals surface area contributed by atoms with Gasteiger partial charge in [0.2, 0.25) is 5.91 Å². The van der Waals surface area contributed by atoms with Gasteiger partial charge < -0.3 is 14.5 Å². The molecular formula is C19H21ClN2O2S. The first-order chi connectivity index (χ1) is 12.2. The van der Waals surface area contributed by atoms with E-state index in [4.69, 9.17) is 16.3 Å². The van der Waals surface area contributed by atoms with Crippen LogP contribution < -0.4 is 9.64 Å². The third-order valence-corrected chi connectivity index (χ3v) is 5.50. The maximum atomic E-state index is 12.5. The molecule has 0 saturated carbocycles. The van der Waals surface area contributed by atoms with E-state index in [1.165, 1.54) is 11.8 Å². The lowest BCUT2D eigenvalue weighted by atomic mass is 10.2. The molecule has 2 aromatic rings. The van der Waals surface area contributed by atoms with E-state index in [2.05, 4.69) is 11.0 Å². The number of carbonyl (C=O) groups excluding carboxylic acids is 1. The molecule has 0 N–H and O–H groups in total. The first-order valence-electron chi connectivity index (χ1n) is 8.21. The number of amides is 1. The molecule has 1 fully saturated rings. The van der Waals surface area contributed by atoms with Crippen LogP contribution in [-0.2, 0) is 4.79 Å². The van der Waals surface area contributed by atoms with Crippen LogP contribution in [0.3, 0.4) is 0 Å². The zero-order valence-corrected chi connectivity index (χ0v) is 15.7. The predicted molar refractivity (Wildman–Crippen MR) is 104 cm³/mol. The number of hydrogen-bond donors (Lipinski definition) is 0. The minimum Gasteiger partial charge on any atom is -0.496 e. The Balaban J connectivity index is 1.51. The monoisotopic (exact) mass is 376 g/mol. The fraction of sp³-hybridized carbons (Fsp3) is 0.316. The molecule has 1 saturated heterocycles. The lowest BCUT2D eigenvalue weighted by Crippen LogP contribution is -2.49. The second-order valence-corrected chi connectivity index (χ2v) is 7.24. The Hall–Kier alpha value is -1.85. The summed E-state index contributed by atoms with van der Waals surface area (Å²) in [4.78, 5) is 17.7. The first-order valence-corrected chi connectivity index (χ1v) is 9.58. The van der Waals surface area contributed by atoms with E-state index in [0.717, 1.165) is 47.5 Å². The number of thioether (sulfide) groups is 1. The highest BCUT2D eigenvalue weighted by Crippen LogP contribution is 2.29. The van der Waals surface area contributed by atoms with Crippen molar-refractivity contribution in [2.24, 2.45) is 0 Å². The van der Waals surface area contributed by atoms with E-state index < -0.39 is 0 Å². The molecule has 0 radical (unpaired) electrons. The summed E-state index contributed by atoms with van der Waals surface area (Å²) in [6.07, 6.45) is 0. The lowest BCUT2D eigenvalue weighted by Gasteiger charge is -2.36. The van der Waals surface area contributed by atoms with Crippen LogP contribution in [-0.4, -0.2) is 49.8 Å². The van der Waals surface area contributed by atoms with Crippen LogP contribution in [0.15, 0.2) is 53.4 Å². The summed E-state index contributed by atoms with van der Waals surface area (Å²) in [5.41, 5.74) is 1.11. The summed E-state index contributed by atoms with van der Waals surface area (Å²) < 4.78 is 5.33. The van der Waals surface area contributed by atoms with E-state index in [9.17, 15) is 4.79 Å². The standard InChI is InChI=1S/C19H21ClN2O2S/c1-24-17-7-2-3-8-18(17)25-14-19(23)22-11-9-21(10-12-22)16-6-4-5-15(20)13-16/h2-8,13H,9-12,14H2,1H3. The molecule has 1 heterocycles. The average molecular weight is 377 g/mol. The summed E-state index contributed by atoms with van der Waals surface area (Å²) in [5, 5.41) is 0.740. The minimum absolute atomic E-state index is 0.168. The van der Waals surface area contributed by atoms with Crippen LogP contribution in [0.5, 0.6) is 5.75 Å². The SMILES string of the molecule is COc1ccccc1SCC(=O)N1CCN(c2cccc(Cl)c2)CC1. The number of hydrogen-bond acceptors (Lipinski definition) is 4. The summed E-state index contributed by atoms with van der Waals surface area (Å²) in [6, 6.07) is 15.6. The Morgan fingerprint density at radius 1 is 1.12 bits per heavy atom. The number of anilines is 1. The third-order valence-electron chi connectivity index (χ3n) is 4.23. The zero-order valence-electron chi connectivity index (χ0n) is 14.2. The van der Waals surface area contributed by atoms with Crippen molar-refractivity contribution in [3.8, 4) is 5.75 Å². The average Bonchev–Trinajstić information content (AvgIpc) is 2.66. The number of ether oxygens (including phenoxy) is 1. The first kappa shape index (κ1) is 18.0. The highest BCUT2D eigenvalue weighted by Gasteiger charge is 2.21. The van der Waals surface area contributed by atoms with E-state index >= 15 is 0 Å². The number of para-hydroxylation sites is 1. The highest BCUT2D eigenvalue weighted by molar-refractivity contribution is 8.00. The molecular weight excluding hydrogens is 356 g/mol. The molecule has 1 aliphatic rings. The summed E-state index contributed by atoms with van der Waals surface area (Å²) in [6.45, 7) is 3.12. The van der Waals surface area contributed by atoms with Gasteiger partial charge in [-0.15, -0.1) is 11.8 Å². The molecule has 25 heavy (non-hydrogen) atoms. The smallest absolute Gasteiger partial charge is 0.233 e. The minimum atomic E-state index is 0.168. The molecule has 132 valence electrons. The van der Waals surface area contributed by atoms with Gasteiger partial charge in [-0.1, -0.05) is 29.8 Å². The second kappa shape index (κ2) is 8.50. The predicted octanol–water partition coefficient (Wildman–Crippen LogP) is 3.79. The van der Waals surface area contributed by atoms with Gasteiger partial charge in [0.15, 0.2) is 0 Å². The van der Waals surface area contributed by atoms with Gasteiger partial charge in [0.05, 0.1) is 12.9 Å². The van der Waals surface area contributed by atoms with Crippen molar-refractivity contribution in [3.05, 3.63) is 53.6 Å². The molecule has 4 nitrogen and oxygen atoms in total. The fourth-order valence-electron chi connectivity index (χ4n) is 2.86. The summed E-state index contributed by atoms with van der Waals surface area (Å²) >= 11 is 7.59. The number of methoxy groups -OCH3 is 1. The molecule has 0 aliphatic carbocycles. The number of piperazine rings is 1. The van der Waals surface area contributed by atoms with Crippen molar-refractivity contribution < 1.29 is 9.53 Å². The van der Waals surface area contributed by atoms with Crippen LogP contribution in [0.25, 0.3) is 0 Å². The lowest BCUT2D eigenvalue weighted by molar-refractivity contribution is -0.128. The number of nitrogens with zero attached hydrogens (tertiary/aromatic N) is 2. The molecule has 0 unspecified atom stereocenters. The van der Waals surface area contributed by atoms with Crippen molar-refractivity contribution in [3.63, 3.8) is 0 Å². The van der Waals surface area contributed by atoms with Crippen LogP contribution in [0.1, 0.15) is 0 Å². The molecule has 1 aliphatic heterocycles. The van der Waals surface area contributed by atoms with Crippen molar-refractivity contribution in [2.45, 2.75) is 4.90 Å². The van der Waals surface area contributed by atoms with Gasteiger partial charge in [-0.2, -0.15) is 0 Å². The Morgan fingerprint density at radius 2 is 1.88 bits per heavy atom. The Morgan fingerprint density at radius 3 is 2.60 bits per heavy atom. The normalized spacial score (nSPS) is 14.5. The molecule has 1 amide bonds. The maximum absolute atomic E-state index is 12.5. The number of halogens is 1. The molecule has 0 spiro atoms. The van der Waals surface area contributed by atoms with Crippen molar-refractivity contribution in [1.82, 2.24) is 4.90 Å². The third kappa shape index (κ3) is 4.61. The van der Waals surface area contributed by atoms with Crippen LogP contribution in [0, 0.1) is 0 Å². The van der Waals surface area contributed by atoms with Gasteiger partial charge in [-0.3, -0.25) is 4.79 Å². The highest BCUT2D eigenvalue weighted by atomic mass is 35.5. The van der Waals surface area contributed by atoms with Crippen molar-refractivity contribution in [1.29, 1.82) is 0 Å². The van der Waals surface area contributed by atoms with E-state index in [0.29, 0.717) is 5.75 Å². The van der Waals surface area contributed by atoms with E-state index in [1.807, 2.05) is 47.4 Å². The number of benzene rings is 2. The summed E-state index contributed by atoms with van der Waals surface area (Å²) in [5.74, 6) is 1.41. The van der Waals surface area contributed by atoms with Crippen molar-refractivity contribution >= 4 is 35.0 Å². The fourth-order valence-corrected chi connectivity index (χ4v) is 3.97. The van der Waals surface area contributed by atoms with Gasteiger partial charge in [0.1, 0.15) is 5.75 Å². The van der Waals surface area contributed by atoms with Crippen LogP contribution in [0.4, 0.5) is 5.69 Å². The Bertz CT molecular complexity index is 733. The van der Waals surface area contributed by atoms with Gasteiger partial charge >= 0.3 is 0 Å². The largest absolute Gasteiger partial charge is 0.496 e. The Kier molecular flexibility index (Phi) is 6.10. The van der Waals surface area contributed by atoms with Gasteiger partial charge in [0, 0.05) is 41.8 Å². The molecule has 2 aromatic carbocycles.